The number of amides is 1. The molecule has 0 radical (unpaired) electrons. The maximum atomic E-state index is 13.0. The Balaban J connectivity index is 4.03. The van der Waals surface area contributed by atoms with Crippen LogP contribution >= 0.6 is 0 Å². The monoisotopic (exact) mass is 655 g/mol. The van der Waals surface area contributed by atoms with Gasteiger partial charge in [-0.05, 0) is 12.8 Å². The molecule has 0 aliphatic heterocycles. The molecule has 0 aromatic rings. The maximum Gasteiger partial charge on any atom is 0.248 e. The van der Waals surface area contributed by atoms with E-state index in [2.05, 4.69) is 18.7 Å². The Morgan fingerprint density at radius 1 is 0.413 bits per heavy atom. The molecule has 0 atom stereocenters. The molecule has 6 heteroatoms. The molecular weight excluding hydrogens is 572 g/mol. The zero-order chi connectivity index (χ0) is 33.4. The molecule has 46 heavy (non-hydrogen) atoms. The molecule has 0 saturated carbocycles. The molecule has 0 unspecified atom stereocenters. The smallest absolute Gasteiger partial charge is 0.248 e. The first-order valence-corrected chi connectivity index (χ1v) is 20.5. The van der Waals surface area contributed by atoms with Gasteiger partial charge in [0.15, 0.2) is 0 Å². The average molecular weight is 655 g/mol. The second kappa shape index (κ2) is 40.5. The predicted octanol–water partition coefficient (Wildman–Crippen LogP) is 10.8. The van der Waals surface area contributed by atoms with Crippen molar-refractivity contribution in [3.8, 4) is 0 Å². The number of carbonyl (C=O) groups is 1. The van der Waals surface area contributed by atoms with E-state index in [1.165, 1.54) is 167 Å². The van der Waals surface area contributed by atoms with E-state index >= 15 is 0 Å². The third-order valence-electron chi connectivity index (χ3n) is 9.15. The van der Waals surface area contributed by atoms with Crippen LogP contribution in [-0.2, 0) is 19.0 Å². The fourth-order valence-corrected chi connectivity index (χ4v) is 6.13. The summed E-state index contributed by atoms with van der Waals surface area (Å²) in [6, 6.07) is 0. The average Bonchev–Trinajstić information content (AvgIpc) is 3.06. The van der Waals surface area contributed by atoms with Crippen LogP contribution in [0.15, 0.2) is 0 Å². The number of hydrogen-bond acceptors (Lipinski definition) is 5. The van der Waals surface area contributed by atoms with Gasteiger partial charge >= 0.3 is 0 Å². The lowest BCUT2D eigenvalue weighted by Gasteiger charge is -2.23. The molecule has 0 heterocycles. The topological polar surface area (TPSA) is 74.0 Å². The molecule has 0 saturated heterocycles. The number of unbranched alkanes of at least 4 members (excludes halogenated alkanes) is 26. The molecular formula is C40H82N2O4. The number of nitrogens with zero attached hydrogens (tertiary/aromatic N) is 1. The van der Waals surface area contributed by atoms with E-state index in [0.29, 0.717) is 39.6 Å². The summed E-state index contributed by atoms with van der Waals surface area (Å²) in [6.07, 6.45) is 38.0. The van der Waals surface area contributed by atoms with Crippen LogP contribution in [0.25, 0.3) is 0 Å². The maximum absolute atomic E-state index is 13.0. The van der Waals surface area contributed by atoms with Gasteiger partial charge in [0.2, 0.25) is 5.91 Å². The molecule has 0 aliphatic carbocycles. The minimum atomic E-state index is 0.135. The van der Waals surface area contributed by atoms with Gasteiger partial charge < -0.3 is 24.8 Å². The van der Waals surface area contributed by atoms with Crippen molar-refractivity contribution in [3.63, 3.8) is 0 Å². The second-order valence-corrected chi connectivity index (χ2v) is 13.6. The number of hydrogen-bond donors (Lipinski definition) is 1. The highest BCUT2D eigenvalue weighted by Crippen LogP contribution is 2.15. The summed E-state index contributed by atoms with van der Waals surface area (Å²) in [5, 5.41) is 0. The normalized spacial score (nSPS) is 11.5. The first kappa shape index (κ1) is 45.3. The van der Waals surface area contributed by atoms with Crippen molar-refractivity contribution in [1.82, 2.24) is 4.90 Å². The van der Waals surface area contributed by atoms with Crippen LogP contribution in [0.5, 0.6) is 0 Å². The van der Waals surface area contributed by atoms with Crippen molar-refractivity contribution in [1.29, 1.82) is 0 Å². The minimum absolute atomic E-state index is 0.135. The fraction of sp³-hybridized carbons (Fsp3) is 0.975. The fourth-order valence-electron chi connectivity index (χ4n) is 6.13. The molecule has 0 rings (SSSR count). The Labute approximate surface area is 288 Å². The summed E-state index contributed by atoms with van der Waals surface area (Å²) in [5.41, 5.74) is 5.42. The molecule has 276 valence electrons. The molecule has 2 N–H and O–H groups in total. The molecule has 0 aromatic carbocycles. The quantitative estimate of drug-likeness (QED) is 0.0666. The molecule has 0 bridgehead atoms. The lowest BCUT2D eigenvalue weighted by molar-refractivity contribution is -0.137. The summed E-state index contributed by atoms with van der Waals surface area (Å²) in [4.78, 5) is 15.1. The van der Waals surface area contributed by atoms with E-state index in [0.717, 1.165) is 25.9 Å². The lowest BCUT2D eigenvalue weighted by Crippen LogP contribution is -2.36. The van der Waals surface area contributed by atoms with Crippen LogP contribution in [0.2, 0.25) is 0 Å². The zero-order valence-corrected chi connectivity index (χ0v) is 31.3. The highest BCUT2D eigenvalue weighted by Gasteiger charge is 2.13. The van der Waals surface area contributed by atoms with Gasteiger partial charge in [-0.3, -0.25) is 4.79 Å². The summed E-state index contributed by atoms with van der Waals surface area (Å²) >= 11 is 0. The minimum Gasteiger partial charge on any atom is -0.378 e. The van der Waals surface area contributed by atoms with E-state index in [9.17, 15) is 4.79 Å². The van der Waals surface area contributed by atoms with Crippen LogP contribution in [-0.4, -0.2) is 70.1 Å². The van der Waals surface area contributed by atoms with Crippen LogP contribution in [0, 0.1) is 0 Å². The van der Waals surface area contributed by atoms with Crippen LogP contribution in [0.3, 0.4) is 0 Å². The van der Waals surface area contributed by atoms with E-state index in [4.69, 9.17) is 19.9 Å². The SMILES string of the molecule is CCCCCCCCCCCCCCCCN(CCCCCCCCCCCCCCCC)C(=O)COCCOCCOCCN. The standard InChI is InChI=1S/C40H82N2O4/c1-3-5-7-9-11-13-15-17-19-21-23-25-27-29-32-42(40(43)39-46-38-37-45-36-35-44-34-31-41)33-30-28-26-24-22-20-18-16-14-12-10-8-6-4-2/h3-39,41H2,1-2H3. The Morgan fingerprint density at radius 2 is 0.696 bits per heavy atom. The lowest BCUT2D eigenvalue weighted by atomic mass is 10.0. The van der Waals surface area contributed by atoms with Gasteiger partial charge in [0, 0.05) is 19.6 Å². The van der Waals surface area contributed by atoms with Crippen molar-refractivity contribution in [3.05, 3.63) is 0 Å². The van der Waals surface area contributed by atoms with E-state index in [1.54, 1.807) is 0 Å². The molecule has 0 aliphatic rings. The van der Waals surface area contributed by atoms with Gasteiger partial charge in [0.1, 0.15) is 6.61 Å². The Hall–Kier alpha value is -0.690. The van der Waals surface area contributed by atoms with Crippen molar-refractivity contribution in [2.24, 2.45) is 5.73 Å². The molecule has 0 fully saturated rings. The van der Waals surface area contributed by atoms with Crippen molar-refractivity contribution >= 4 is 5.91 Å². The number of rotatable bonds is 40. The first-order valence-electron chi connectivity index (χ1n) is 20.5. The highest BCUT2D eigenvalue weighted by molar-refractivity contribution is 5.77. The van der Waals surface area contributed by atoms with Crippen molar-refractivity contribution in [2.75, 3.05) is 59.3 Å². The van der Waals surface area contributed by atoms with Crippen molar-refractivity contribution < 1.29 is 19.0 Å². The Bertz CT molecular complexity index is 545. The summed E-state index contributed by atoms with van der Waals surface area (Å²) < 4.78 is 16.5. The van der Waals surface area contributed by atoms with Crippen molar-refractivity contribution in [2.45, 2.75) is 194 Å². The van der Waals surface area contributed by atoms with Gasteiger partial charge in [-0.25, -0.2) is 0 Å². The number of carbonyl (C=O) groups excluding carboxylic acids is 1. The summed E-state index contributed by atoms with van der Waals surface area (Å²) in [6.45, 7) is 9.55. The number of ether oxygens (including phenoxy) is 3. The third kappa shape index (κ3) is 36.2. The van der Waals surface area contributed by atoms with Gasteiger partial charge in [0.25, 0.3) is 0 Å². The largest absolute Gasteiger partial charge is 0.378 e. The van der Waals surface area contributed by atoms with E-state index < -0.39 is 0 Å². The molecule has 0 spiro atoms. The summed E-state index contributed by atoms with van der Waals surface area (Å²) in [5.74, 6) is 0.135. The van der Waals surface area contributed by atoms with Gasteiger partial charge in [-0.1, -0.05) is 181 Å². The summed E-state index contributed by atoms with van der Waals surface area (Å²) in [7, 11) is 0. The Kier molecular flexibility index (Phi) is 39.9. The van der Waals surface area contributed by atoms with Crippen LogP contribution in [0.1, 0.15) is 194 Å². The molecule has 6 nitrogen and oxygen atoms in total. The first-order chi connectivity index (χ1) is 22.8. The van der Waals surface area contributed by atoms with Gasteiger partial charge in [-0.15, -0.1) is 0 Å². The zero-order valence-electron chi connectivity index (χ0n) is 31.3. The molecule has 0 aromatic heterocycles. The Morgan fingerprint density at radius 3 is 1.02 bits per heavy atom. The van der Waals surface area contributed by atoms with E-state index in [-0.39, 0.29) is 12.5 Å². The van der Waals surface area contributed by atoms with Crippen LogP contribution in [0.4, 0.5) is 0 Å². The predicted molar refractivity (Wildman–Crippen MR) is 199 cm³/mol. The van der Waals surface area contributed by atoms with Gasteiger partial charge in [0.05, 0.1) is 33.0 Å². The number of nitrogens with two attached hydrogens (primary N) is 1. The second-order valence-electron chi connectivity index (χ2n) is 13.6. The van der Waals surface area contributed by atoms with Gasteiger partial charge in [-0.2, -0.15) is 0 Å². The highest BCUT2D eigenvalue weighted by atomic mass is 16.5. The van der Waals surface area contributed by atoms with E-state index in [1.807, 2.05) is 0 Å². The molecule has 1 amide bonds. The third-order valence-corrected chi connectivity index (χ3v) is 9.15. The van der Waals surface area contributed by atoms with Crippen LogP contribution < -0.4 is 5.73 Å².